The molecule has 0 aliphatic heterocycles. The highest BCUT2D eigenvalue weighted by Crippen LogP contribution is 2.42. The quantitative estimate of drug-likeness (QED) is 0.751. The second-order valence-corrected chi connectivity index (χ2v) is 7.61. The fourth-order valence-electron chi connectivity index (χ4n) is 4.16. The molecule has 0 spiro atoms. The van der Waals surface area contributed by atoms with E-state index in [1.807, 2.05) is 0 Å². The Morgan fingerprint density at radius 3 is 2.50 bits per heavy atom. The topological polar surface area (TPSA) is 29.1 Å². The van der Waals surface area contributed by atoms with Crippen molar-refractivity contribution in [3.8, 4) is 0 Å². The minimum Gasteiger partial charge on any atom is -0.352 e. The van der Waals surface area contributed by atoms with E-state index in [2.05, 4.69) is 19.2 Å². The molecule has 2 aliphatic carbocycles. The van der Waals surface area contributed by atoms with Crippen LogP contribution in [0.2, 0.25) is 0 Å². The molecule has 1 amide bonds. The fraction of sp³-hybridized carbons (Fsp3) is 0.941. The molecule has 2 saturated carbocycles. The van der Waals surface area contributed by atoms with Crippen molar-refractivity contribution < 1.29 is 4.79 Å². The molecular formula is C17H30ClNO. The standard InChI is InChI=1S/C17H30ClNO/c1-12(2)9-16(11-18)19-17(20)15-8-7-13-5-3-4-6-14(13)10-15/h12-16H,3-11H2,1-2H3,(H,19,20). The van der Waals surface area contributed by atoms with Gasteiger partial charge in [-0.2, -0.15) is 0 Å². The number of alkyl halides is 1. The summed E-state index contributed by atoms with van der Waals surface area (Å²) < 4.78 is 0. The predicted octanol–water partition coefficient (Wildman–Crippen LogP) is 4.36. The Bertz CT molecular complexity index is 318. The summed E-state index contributed by atoms with van der Waals surface area (Å²) >= 11 is 5.99. The normalized spacial score (nSPS) is 31.7. The van der Waals surface area contributed by atoms with Gasteiger partial charge in [0, 0.05) is 17.8 Å². The average molecular weight is 300 g/mol. The second-order valence-electron chi connectivity index (χ2n) is 7.30. The monoisotopic (exact) mass is 299 g/mol. The Morgan fingerprint density at radius 2 is 1.85 bits per heavy atom. The molecular weight excluding hydrogens is 270 g/mol. The zero-order valence-electron chi connectivity index (χ0n) is 13.0. The largest absolute Gasteiger partial charge is 0.352 e. The molecule has 20 heavy (non-hydrogen) atoms. The summed E-state index contributed by atoms with van der Waals surface area (Å²) in [5.41, 5.74) is 0. The van der Waals surface area contributed by atoms with Crippen molar-refractivity contribution in [2.75, 3.05) is 5.88 Å². The van der Waals surface area contributed by atoms with E-state index in [-0.39, 0.29) is 17.9 Å². The minimum absolute atomic E-state index is 0.147. The van der Waals surface area contributed by atoms with Crippen molar-refractivity contribution in [3.05, 3.63) is 0 Å². The lowest BCUT2D eigenvalue weighted by Crippen LogP contribution is -2.43. The first kappa shape index (κ1) is 16.1. The number of halogens is 1. The Balaban J connectivity index is 1.83. The summed E-state index contributed by atoms with van der Waals surface area (Å²) in [6.07, 6.45) is 9.97. The lowest BCUT2D eigenvalue weighted by Gasteiger charge is -2.39. The van der Waals surface area contributed by atoms with Crippen LogP contribution in [0, 0.1) is 23.7 Å². The van der Waals surface area contributed by atoms with Crippen LogP contribution in [-0.2, 0) is 4.79 Å². The molecule has 2 fully saturated rings. The summed E-state index contributed by atoms with van der Waals surface area (Å²) in [6, 6.07) is 0.147. The molecule has 0 heterocycles. The van der Waals surface area contributed by atoms with Gasteiger partial charge in [-0.15, -0.1) is 11.6 Å². The van der Waals surface area contributed by atoms with E-state index in [0.717, 1.165) is 31.1 Å². The van der Waals surface area contributed by atoms with Crippen LogP contribution in [0.3, 0.4) is 0 Å². The van der Waals surface area contributed by atoms with E-state index >= 15 is 0 Å². The maximum Gasteiger partial charge on any atom is 0.223 e. The zero-order chi connectivity index (χ0) is 14.5. The Kier molecular flexibility index (Phi) is 6.20. The van der Waals surface area contributed by atoms with Crippen LogP contribution < -0.4 is 5.32 Å². The van der Waals surface area contributed by atoms with E-state index in [1.54, 1.807) is 0 Å². The number of carbonyl (C=O) groups excluding carboxylic acids is 1. The van der Waals surface area contributed by atoms with Gasteiger partial charge in [0.05, 0.1) is 0 Å². The molecule has 0 radical (unpaired) electrons. The van der Waals surface area contributed by atoms with Gasteiger partial charge in [-0.25, -0.2) is 0 Å². The van der Waals surface area contributed by atoms with Crippen molar-refractivity contribution in [1.82, 2.24) is 5.32 Å². The Morgan fingerprint density at radius 1 is 1.15 bits per heavy atom. The van der Waals surface area contributed by atoms with E-state index in [9.17, 15) is 4.79 Å². The molecule has 2 rings (SSSR count). The van der Waals surface area contributed by atoms with E-state index < -0.39 is 0 Å². The van der Waals surface area contributed by atoms with Gasteiger partial charge < -0.3 is 5.32 Å². The molecule has 3 heteroatoms. The molecule has 2 aliphatic rings. The van der Waals surface area contributed by atoms with Gasteiger partial charge in [-0.1, -0.05) is 39.5 Å². The van der Waals surface area contributed by atoms with Crippen molar-refractivity contribution in [2.24, 2.45) is 23.7 Å². The molecule has 4 unspecified atom stereocenters. The summed E-state index contributed by atoms with van der Waals surface area (Å²) in [7, 11) is 0. The van der Waals surface area contributed by atoms with Crippen molar-refractivity contribution in [2.45, 2.75) is 71.3 Å². The van der Waals surface area contributed by atoms with Gasteiger partial charge in [0.2, 0.25) is 5.91 Å². The third kappa shape index (κ3) is 4.38. The number of rotatable bonds is 5. The van der Waals surface area contributed by atoms with Crippen molar-refractivity contribution in [1.29, 1.82) is 0 Å². The van der Waals surface area contributed by atoms with Crippen LogP contribution in [0.15, 0.2) is 0 Å². The zero-order valence-corrected chi connectivity index (χ0v) is 13.8. The van der Waals surface area contributed by atoms with Crippen LogP contribution >= 0.6 is 11.6 Å². The number of hydrogen-bond donors (Lipinski definition) is 1. The van der Waals surface area contributed by atoms with Crippen molar-refractivity contribution >= 4 is 17.5 Å². The number of carbonyl (C=O) groups is 1. The first-order valence-electron chi connectivity index (χ1n) is 8.46. The van der Waals surface area contributed by atoms with Crippen LogP contribution in [0.1, 0.15) is 65.2 Å². The lowest BCUT2D eigenvalue weighted by atomic mass is 9.67. The third-order valence-electron chi connectivity index (χ3n) is 5.20. The van der Waals surface area contributed by atoms with Gasteiger partial charge in [0.15, 0.2) is 0 Å². The van der Waals surface area contributed by atoms with Gasteiger partial charge in [-0.05, 0) is 43.4 Å². The third-order valence-corrected chi connectivity index (χ3v) is 5.57. The fourth-order valence-corrected chi connectivity index (χ4v) is 4.36. The molecule has 4 atom stereocenters. The lowest BCUT2D eigenvalue weighted by molar-refractivity contribution is -0.127. The van der Waals surface area contributed by atoms with E-state index in [4.69, 9.17) is 11.6 Å². The highest BCUT2D eigenvalue weighted by molar-refractivity contribution is 6.18. The van der Waals surface area contributed by atoms with E-state index in [0.29, 0.717) is 11.8 Å². The Labute approximate surface area is 129 Å². The van der Waals surface area contributed by atoms with Gasteiger partial charge in [0.1, 0.15) is 0 Å². The predicted molar refractivity (Wildman–Crippen MR) is 84.9 cm³/mol. The van der Waals surface area contributed by atoms with Gasteiger partial charge in [0.25, 0.3) is 0 Å². The summed E-state index contributed by atoms with van der Waals surface area (Å²) in [6.45, 7) is 4.36. The molecule has 0 aromatic carbocycles. The first-order chi connectivity index (χ1) is 9.60. The summed E-state index contributed by atoms with van der Waals surface area (Å²) in [5.74, 6) is 3.34. The van der Waals surface area contributed by atoms with Crippen LogP contribution in [0.25, 0.3) is 0 Å². The molecule has 116 valence electrons. The van der Waals surface area contributed by atoms with Crippen LogP contribution in [0.4, 0.5) is 0 Å². The molecule has 0 aromatic rings. The molecule has 1 N–H and O–H groups in total. The highest BCUT2D eigenvalue weighted by atomic mass is 35.5. The second kappa shape index (κ2) is 7.68. The Hall–Kier alpha value is -0.240. The molecule has 0 saturated heterocycles. The number of fused-ring (bicyclic) bond motifs is 1. The number of hydrogen-bond acceptors (Lipinski definition) is 1. The maximum absolute atomic E-state index is 12.5. The smallest absolute Gasteiger partial charge is 0.223 e. The molecule has 2 nitrogen and oxygen atoms in total. The van der Waals surface area contributed by atoms with Crippen molar-refractivity contribution in [3.63, 3.8) is 0 Å². The summed E-state index contributed by atoms with van der Waals surface area (Å²) in [5, 5.41) is 3.19. The highest BCUT2D eigenvalue weighted by Gasteiger charge is 2.35. The van der Waals surface area contributed by atoms with Gasteiger partial charge >= 0.3 is 0 Å². The molecule has 0 aromatic heterocycles. The number of nitrogens with one attached hydrogen (secondary N) is 1. The minimum atomic E-state index is 0.147. The van der Waals surface area contributed by atoms with Crippen LogP contribution in [-0.4, -0.2) is 17.8 Å². The van der Waals surface area contributed by atoms with Gasteiger partial charge in [-0.3, -0.25) is 4.79 Å². The number of amides is 1. The molecule has 0 bridgehead atoms. The maximum atomic E-state index is 12.5. The summed E-state index contributed by atoms with van der Waals surface area (Å²) in [4.78, 5) is 12.5. The van der Waals surface area contributed by atoms with E-state index in [1.165, 1.54) is 32.1 Å². The SMILES string of the molecule is CC(C)CC(CCl)NC(=O)C1CCC2CCCCC2C1. The van der Waals surface area contributed by atoms with Crippen LogP contribution in [0.5, 0.6) is 0 Å². The average Bonchev–Trinajstić information content (AvgIpc) is 2.45. The first-order valence-corrected chi connectivity index (χ1v) is 9.00.